The third kappa shape index (κ3) is 6.87. The monoisotopic (exact) mass is 337 g/mol. The Morgan fingerprint density at radius 1 is 1.29 bits per heavy atom. The van der Waals surface area contributed by atoms with Crippen LogP contribution in [0.4, 0.5) is 4.39 Å². The van der Waals surface area contributed by atoms with E-state index in [9.17, 15) is 4.39 Å². The van der Waals surface area contributed by atoms with Gasteiger partial charge in [0.1, 0.15) is 5.82 Å². The molecule has 0 aliphatic carbocycles. The zero-order valence-corrected chi connectivity index (χ0v) is 15.4. The van der Waals surface area contributed by atoms with E-state index in [2.05, 4.69) is 22.5 Å². The van der Waals surface area contributed by atoms with E-state index in [-0.39, 0.29) is 18.5 Å². The van der Waals surface area contributed by atoms with Gasteiger partial charge in [-0.05, 0) is 56.7 Å². The number of benzene rings is 1. The summed E-state index contributed by atoms with van der Waals surface area (Å²) in [4.78, 5) is 4.65. The minimum Gasteiger partial charge on any atom is -0.396 e. The Hall–Kier alpha value is -1.62. The number of nitrogens with one attached hydrogen (secondary N) is 2. The van der Waals surface area contributed by atoms with Gasteiger partial charge in [0.2, 0.25) is 0 Å². The molecule has 4 nitrogen and oxygen atoms in total. The van der Waals surface area contributed by atoms with E-state index in [0.717, 1.165) is 37.3 Å². The number of hydrogen-bond donors (Lipinski definition) is 3. The Balaban J connectivity index is 2.75. The van der Waals surface area contributed by atoms with Crippen LogP contribution in [0.2, 0.25) is 0 Å². The Kier molecular flexibility index (Phi) is 9.38. The van der Waals surface area contributed by atoms with Crippen molar-refractivity contribution in [3.05, 3.63) is 35.1 Å². The van der Waals surface area contributed by atoms with Crippen LogP contribution in [-0.2, 0) is 0 Å². The van der Waals surface area contributed by atoms with Crippen LogP contribution < -0.4 is 10.6 Å². The van der Waals surface area contributed by atoms with Crippen molar-refractivity contribution in [1.82, 2.24) is 10.6 Å². The average Bonchev–Trinajstić information content (AvgIpc) is 2.55. The predicted molar refractivity (Wildman–Crippen MR) is 98.8 cm³/mol. The van der Waals surface area contributed by atoms with Crippen LogP contribution in [0.5, 0.6) is 0 Å². The summed E-state index contributed by atoms with van der Waals surface area (Å²) in [5.41, 5.74) is 1.54. The third-order valence-electron chi connectivity index (χ3n) is 4.14. The van der Waals surface area contributed by atoms with Crippen molar-refractivity contribution >= 4 is 5.96 Å². The Morgan fingerprint density at radius 2 is 2.04 bits per heavy atom. The quantitative estimate of drug-likeness (QED) is 0.477. The van der Waals surface area contributed by atoms with Crippen LogP contribution in [0, 0.1) is 18.7 Å². The summed E-state index contributed by atoms with van der Waals surface area (Å²) in [7, 11) is 0. The van der Waals surface area contributed by atoms with Gasteiger partial charge in [-0.1, -0.05) is 25.5 Å². The average molecular weight is 337 g/mol. The molecular weight excluding hydrogens is 305 g/mol. The molecule has 1 rings (SSSR count). The molecule has 136 valence electrons. The number of rotatable bonds is 9. The first-order valence-electron chi connectivity index (χ1n) is 8.93. The summed E-state index contributed by atoms with van der Waals surface area (Å²) in [6.45, 7) is 9.56. The fourth-order valence-corrected chi connectivity index (χ4v) is 2.63. The topological polar surface area (TPSA) is 56.7 Å². The molecule has 0 fully saturated rings. The van der Waals surface area contributed by atoms with Gasteiger partial charge in [-0.15, -0.1) is 0 Å². The largest absolute Gasteiger partial charge is 0.396 e. The minimum atomic E-state index is -0.186. The van der Waals surface area contributed by atoms with Crippen molar-refractivity contribution in [3.8, 4) is 0 Å². The molecule has 0 amide bonds. The molecule has 0 aliphatic heterocycles. The SMILES string of the molecule is CCCC(CCO)CN=C(NCC)NC(C)c1ccc(C)c(F)c1. The standard InChI is InChI=1S/C19H32FN3O/c1-5-7-16(10-11-24)13-22-19(21-6-2)23-15(4)17-9-8-14(3)18(20)12-17/h8-9,12,15-16,24H,5-7,10-11,13H2,1-4H3,(H2,21,22,23). The summed E-state index contributed by atoms with van der Waals surface area (Å²) in [6.07, 6.45) is 2.92. The predicted octanol–water partition coefficient (Wildman–Crippen LogP) is 3.55. The molecule has 0 heterocycles. The molecule has 1 aromatic carbocycles. The van der Waals surface area contributed by atoms with Crippen molar-refractivity contribution in [3.63, 3.8) is 0 Å². The number of aliphatic hydroxyl groups is 1. The van der Waals surface area contributed by atoms with Gasteiger partial charge in [0.25, 0.3) is 0 Å². The van der Waals surface area contributed by atoms with Gasteiger partial charge in [0.15, 0.2) is 5.96 Å². The van der Waals surface area contributed by atoms with E-state index in [4.69, 9.17) is 5.11 Å². The normalized spacial score (nSPS) is 14.3. The van der Waals surface area contributed by atoms with E-state index >= 15 is 0 Å². The number of halogens is 1. The highest BCUT2D eigenvalue weighted by Gasteiger charge is 2.11. The van der Waals surface area contributed by atoms with E-state index in [1.165, 1.54) is 0 Å². The number of guanidine groups is 1. The van der Waals surface area contributed by atoms with Crippen LogP contribution in [-0.4, -0.2) is 30.8 Å². The maximum atomic E-state index is 13.8. The number of aryl methyl sites for hydroxylation is 1. The molecule has 2 atom stereocenters. The third-order valence-corrected chi connectivity index (χ3v) is 4.14. The molecule has 0 aliphatic rings. The van der Waals surface area contributed by atoms with Crippen molar-refractivity contribution in [2.75, 3.05) is 19.7 Å². The summed E-state index contributed by atoms with van der Waals surface area (Å²) < 4.78 is 13.8. The molecule has 24 heavy (non-hydrogen) atoms. The van der Waals surface area contributed by atoms with Crippen LogP contribution in [0.15, 0.2) is 23.2 Å². The lowest BCUT2D eigenvalue weighted by molar-refractivity contribution is 0.253. The second-order valence-electron chi connectivity index (χ2n) is 6.26. The first-order chi connectivity index (χ1) is 11.5. The summed E-state index contributed by atoms with van der Waals surface area (Å²) in [5.74, 6) is 0.932. The van der Waals surface area contributed by atoms with Crippen molar-refractivity contribution in [2.24, 2.45) is 10.9 Å². The van der Waals surface area contributed by atoms with Crippen molar-refractivity contribution < 1.29 is 9.50 Å². The van der Waals surface area contributed by atoms with Crippen LogP contribution >= 0.6 is 0 Å². The Morgan fingerprint density at radius 3 is 2.62 bits per heavy atom. The maximum absolute atomic E-state index is 13.8. The van der Waals surface area contributed by atoms with Crippen molar-refractivity contribution in [1.29, 1.82) is 0 Å². The second-order valence-corrected chi connectivity index (χ2v) is 6.26. The molecule has 0 spiro atoms. The van der Waals surface area contributed by atoms with Gasteiger partial charge in [-0.3, -0.25) is 4.99 Å². The van der Waals surface area contributed by atoms with E-state index in [0.29, 0.717) is 18.0 Å². The molecule has 1 aromatic rings. The highest BCUT2D eigenvalue weighted by atomic mass is 19.1. The van der Waals surface area contributed by atoms with Crippen LogP contribution in [0.25, 0.3) is 0 Å². The summed E-state index contributed by atoms with van der Waals surface area (Å²) in [6, 6.07) is 5.26. The lowest BCUT2D eigenvalue weighted by Gasteiger charge is -2.20. The maximum Gasteiger partial charge on any atom is 0.191 e. The van der Waals surface area contributed by atoms with Crippen LogP contribution in [0.3, 0.4) is 0 Å². The van der Waals surface area contributed by atoms with Gasteiger partial charge >= 0.3 is 0 Å². The molecule has 0 aromatic heterocycles. The first kappa shape index (κ1) is 20.4. The summed E-state index contributed by atoms with van der Waals surface area (Å²) >= 11 is 0. The number of nitrogens with zero attached hydrogens (tertiary/aromatic N) is 1. The van der Waals surface area contributed by atoms with Crippen molar-refractivity contribution in [2.45, 2.75) is 53.0 Å². The zero-order valence-electron chi connectivity index (χ0n) is 15.4. The molecule has 2 unspecified atom stereocenters. The number of aliphatic imine (C=N–C) groups is 1. The van der Waals surface area contributed by atoms with Gasteiger partial charge in [-0.2, -0.15) is 0 Å². The minimum absolute atomic E-state index is 0.0413. The van der Waals surface area contributed by atoms with Gasteiger partial charge in [-0.25, -0.2) is 4.39 Å². The van der Waals surface area contributed by atoms with Gasteiger partial charge < -0.3 is 15.7 Å². The summed E-state index contributed by atoms with van der Waals surface area (Å²) in [5, 5.41) is 15.7. The first-order valence-corrected chi connectivity index (χ1v) is 8.93. The number of aliphatic hydroxyl groups excluding tert-OH is 1. The fourth-order valence-electron chi connectivity index (χ4n) is 2.63. The lowest BCUT2D eigenvalue weighted by Crippen LogP contribution is -2.39. The molecule has 0 radical (unpaired) electrons. The molecular formula is C19H32FN3O. The Labute approximate surface area is 145 Å². The Bertz CT molecular complexity index is 513. The van der Waals surface area contributed by atoms with Crippen LogP contribution in [0.1, 0.15) is 57.2 Å². The molecule has 0 bridgehead atoms. The zero-order chi connectivity index (χ0) is 17.9. The second kappa shape index (κ2) is 11.0. The highest BCUT2D eigenvalue weighted by molar-refractivity contribution is 5.80. The highest BCUT2D eigenvalue weighted by Crippen LogP contribution is 2.16. The molecule has 3 N–H and O–H groups in total. The van der Waals surface area contributed by atoms with Gasteiger partial charge in [0, 0.05) is 19.7 Å². The van der Waals surface area contributed by atoms with Gasteiger partial charge in [0.05, 0.1) is 6.04 Å². The van der Waals surface area contributed by atoms with E-state index in [1.54, 1.807) is 19.1 Å². The van der Waals surface area contributed by atoms with E-state index in [1.807, 2.05) is 19.9 Å². The molecule has 5 heteroatoms. The van der Waals surface area contributed by atoms with E-state index < -0.39 is 0 Å². The molecule has 0 saturated carbocycles. The number of hydrogen-bond acceptors (Lipinski definition) is 2. The smallest absolute Gasteiger partial charge is 0.191 e. The molecule has 0 saturated heterocycles. The fraction of sp³-hybridized carbons (Fsp3) is 0.632. The lowest BCUT2D eigenvalue weighted by atomic mass is 10.0.